The molecule has 0 bridgehead atoms. The minimum atomic E-state index is -0.131. The van der Waals surface area contributed by atoms with Gasteiger partial charge < -0.3 is 14.2 Å². The summed E-state index contributed by atoms with van der Waals surface area (Å²) in [5.41, 5.74) is 2.88. The molecule has 0 radical (unpaired) electrons. The summed E-state index contributed by atoms with van der Waals surface area (Å²) in [5.74, 6) is -0.142. The second-order valence-corrected chi connectivity index (χ2v) is 7.80. The zero-order valence-electron chi connectivity index (χ0n) is 15.7. The highest BCUT2D eigenvalue weighted by Crippen LogP contribution is 2.24. The maximum absolute atomic E-state index is 13.0. The highest BCUT2D eigenvalue weighted by Gasteiger charge is 2.30. The topological polar surface area (TPSA) is 51.5 Å². The van der Waals surface area contributed by atoms with Gasteiger partial charge in [0.2, 0.25) is 0 Å². The van der Waals surface area contributed by atoms with Crippen LogP contribution in [0.2, 0.25) is 0 Å². The molecule has 0 atom stereocenters. The fourth-order valence-electron chi connectivity index (χ4n) is 3.57. The summed E-state index contributed by atoms with van der Waals surface area (Å²) in [6, 6.07) is 6.15. The second-order valence-electron chi connectivity index (χ2n) is 6.77. The summed E-state index contributed by atoms with van der Waals surface area (Å²) >= 11 is 1.73. The molecule has 1 saturated heterocycles. The molecule has 0 N–H and O–H groups in total. The molecule has 6 heteroatoms. The van der Waals surface area contributed by atoms with Crippen LogP contribution in [-0.2, 0) is 16.1 Å². The van der Waals surface area contributed by atoms with Crippen molar-refractivity contribution < 1.29 is 14.3 Å². The molecule has 1 aliphatic rings. The number of hydrogen-bond donors (Lipinski definition) is 0. The lowest BCUT2D eigenvalue weighted by Gasteiger charge is -2.31. The van der Waals surface area contributed by atoms with Crippen LogP contribution in [0.5, 0.6) is 0 Å². The van der Waals surface area contributed by atoms with Crippen LogP contribution in [-0.4, -0.2) is 41.0 Å². The first-order valence-electron chi connectivity index (χ1n) is 9.16. The quantitative estimate of drug-likeness (QED) is 0.751. The van der Waals surface area contributed by atoms with Gasteiger partial charge in [-0.1, -0.05) is 6.07 Å². The van der Waals surface area contributed by atoms with Gasteiger partial charge >= 0.3 is 5.97 Å². The highest BCUT2D eigenvalue weighted by atomic mass is 32.1. The van der Waals surface area contributed by atoms with E-state index in [0.29, 0.717) is 32.5 Å². The molecular formula is C20H26N2O3S. The van der Waals surface area contributed by atoms with Gasteiger partial charge in [-0.05, 0) is 51.1 Å². The molecule has 3 heterocycles. The summed E-state index contributed by atoms with van der Waals surface area (Å²) < 4.78 is 7.30. The second kappa shape index (κ2) is 8.08. The first kappa shape index (κ1) is 18.7. The fraction of sp³-hybridized carbons (Fsp3) is 0.500. The van der Waals surface area contributed by atoms with Gasteiger partial charge in [-0.25, -0.2) is 0 Å². The van der Waals surface area contributed by atoms with E-state index in [0.717, 1.165) is 23.5 Å². The predicted molar refractivity (Wildman–Crippen MR) is 103 cm³/mol. The number of ether oxygens (including phenoxy) is 1. The van der Waals surface area contributed by atoms with Gasteiger partial charge in [0.15, 0.2) is 0 Å². The zero-order chi connectivity index (χ0) is 18.7. The summed E-state index contributed by atoms with van der Waals surface area (Å²) in [5, 5.41) is 2.07. The molecule has 0 unspecified atom stereocenters. The predicted octanol–water partition coefficient (Wildman–Crippen LogP) is 3.63. The molecule has 26 heavy (non-hydrogen) atoms. The van der Waals surface area contributed by atoms with Crippen LogP contribution in [0.1, 0.15) is 46.4 Å². The number of likely N-dealkylation sites (tertiary alicyclic amines) is 1. The Hall–Kier alpha value is -2.08. The zero-order valence-corrected chi connectivity index (χ0v) is 16.5. The molecule has 2 aromatic heterocycles. The third-order valence-electron chi connectivity index (χ3n) is 5.10. The first-order chi connectivity index (χ1) is 12.5. The number of aryl methyl sites for hydroxylation is 1. The Morgan fingerprint density at radius 1 is 1.27 bits per heavy atom. The molecule has 3 rings (SSSR count). The van der Waals surface area contributed by atoms with Gasteiger partial charge in [-0.3, -0.25) is 9.59 Å². The van der Waals surface area contributed by atoms with Gasteiger partial charge in [0.1, 0.15) is 0 Å². The van der Waals surface area contributed by atoms with Crippen LogP contribution in [0, 0.1) is 19.8 Å². The molecule has 5 nitrogen and oxygen atoms in total. The van der Waals surface area contributed by atoms with E-state index in [1.807, 2.05) is 37.8 Å². The van der Waals surface area contributed by atoms with E-state index < -0.39 is 0 Å². The average Bonchev–Trinajstić information content (AvgIpc) is 3.25. The lowest BCUT2D eigenvalue weighted by atomic mass is 9.96. The fourth-order valence-corrected chi connectivity index (χ4v) is 4.26. The molecule has 1 fully saturated rings. The lowest BCUT2D eigenvalue weighted by Crippen LogP contribution is -2.40. The summed E-state index contributed by atoms with van der Waals surface area (Å²) in [4.78, 5) is 28.0. The van der Waals surface area contributed by atoms with Crippen molar-refractivity contribution in [3.63, 3.8) is 0 Å². The van der Waals surface area contributed by atoms with Gasteiger partial charge in [0, 0.05) is 29.4 Å². The third kappa shape index (κ3) is 3.85. The van der Waals surface area contributed by atoms with Crippen LogP contribution in [0.3, 0.4) is 0 Å². The number of piperidine rings is 1. The van der Waals surface area contributed by atoms with E-state index in [9.17, 15) is 9.59 Å². The Kier molecular flexibility index (Phi) is 5.81. The molecule has 140 valence electrons. The van der Waals surface area contributed by atoms with Crippen LogP contribution in [0.25, 0.3) is 0 Å². The van der Waals surface area contributed by atoms with Crippen molar-refractivity contribution in [1.29, 1.82) is 0 Å². The van der Waals surface area contributed by atoms with E-state index >= 15 is 0 Å². The maximum atomic E-state index is 13.0. The van der Waals surface area contributed by atoms with Crippen LogP contribution < -0.4 is 0 Å². The summed E-state index contributed by atoms with van der Waals surface area (Å²) in [6.07, 6.45) is 1.36. The van der Waals surface area contributed by atoms with E-state index in [2.05, 4.69) is 16.0 Å². The van der Waals surface area contributed by atoms with Gasteiger partial charge in [0.05, 0.1) is 24.6 Å². The number of thiophene rings is 1. The molecule has 0 aromatic carbocycles. The number of hydrogen-bond acceptors (Lipinski definition) is 4. The van der Waals surface area contributed by atoms with E-state index in [-0.39, 0.29) is 17.8 Å². The van der Waals surface area contributed by atoms with E-state index in [4.69, 9.17) is 4.74 Å². The van der Waals surface area contributed by atoms with Gasteiger partial charge in [-0.15, -0.1) is 11.3 Å². The Morgan fingerprint density at radius 2 is 2.00 bits per heavy atom. The van der Waals surface area contributed by atoms with Crippen molar-refractivity contribution in [2.24, 2.45) is 5.92 Å². The largest absolute Gasteiger partial charge is 0.466 e. The number of esters is 1. The Bertz CT molecular complexity index is 771. The summed E-state index contributed by atoms with van der Waals surface area (Å²) in [6.45, 7) is 8.31. The van der Waals surface area contributed by atoms with Crippen LogP contribution in [0.4, 0.5) is 0 Å². The van der Waals surface area contributed by atoms with Gasteiger partial charge in [0.25, 0.3) is 5.91 Å². The van der Waals surface area contributed by atoms with Crippen LogP contribution in [0.15, 0.2) is 23.6 Å². The van der Waals surface area contributed by atoms with Crippen molar-refractivity contribution in [3.8, 4) is 0 Å². The minimum absolute atomic E-state index is 0.0674. The smallest absolute Gasteiger partial charge is 0.309 e. The van der Waals surface area contributed by atoms with Crippen molar-refractivity contribution in [2.45, 2.75) is 40.2 Å². The SMILES string of the molecule is CCOC(=O)C1CCN(C(=O)c2cc(C)n(Cc3cccs3)c2C)CC1. The Labute approximate surface area is 158 Å². The molecule has 0 spiro atoms. The minimum Gasteiger partial charge on any atom is -0.466 e. The monoisotopic (exact) mass is 374 g/mol. The summed E-state index contributed by atoms with van der Waals surface area (Å²) in [7, 11) is 0. The van der Waals surface area contributed by atoms with E-state index in [1.165, 1.54) is 4.88 Å². The lowest BCUT2D eigenvalue weighted by molar-refractivity contribution is -0.149. The maximum Gasteiger partial charge on any atom is 0.309 e. The standard InChI is InChI=1S/C20H26N2O3S/c1-4-25-20(24)16-7-9-21(10-8-16)19(23)18-12-14(2)22(15(18)3)13-17-6-5-11-26-17/h5-6,11-12,16H,4,7-10,13H2,1-3H3. The molecule has 2 aromatic rings. The molecule has 1 aliphatic heterocycles. The number of carbonyl (C=O) groups excluding carboxylic acids is 2. The first-order valence-corrected chi connectivity index (χ1v) is 10.0. The number of rotatable bonds is 5. The average molecular weight is 375 g/mol. The van der Waals surface area contributed by atoms with Crippen molar-refractivity contribution in [3.05, 3.63) is 45.4 Å². The Morgan fingerprint density at radius 3 is 2.62 bits per heavy atom. The molecule has 1 amide bonds. The number of amides is 1. The number of aromatic nitrogens is 1. The number of nitrogens with zero attached hydrogens (tertiary/aromatic N) is 2. The molecule has 0 aliphatic carbocycles. The number of carbonyl (C=O) groups is 2. The van der Waals surface area contributed by atoms with Crippen molar-refractivity contribution in [2.75, 3.05) is 19.7 Å². The molecular weight excluding hydrogens is 348 g/mol. The normalized spacial score (nSPS) is 15.3. The Balaban J connectivity index is 1.68. The molecule has 0 saturated carbocycles. The van der Waals surface area contributed by atoms with Crippen LogP contribution >= 0.6 is 11.3 Å². The van der Waals surface area contributed by atoms with Crippen molar-refractivity contribution >= 4 is 23.2 Å². The van der Waals surface area contributed by atoms with Crippen molar-refractivity contribution in [1.82, 2.24) is 9.47 Å². The van der Waals surface area contributed by atoms with E-state index in [1.54, 1.807) is 11.3 Å². The van der Waals surface area contributed by atoms with Gasteiger partial charge in [-0.2, -0.15) is 0 Å². The third-order valence-corrected chi connectivity index (χ3v) is 5.96. The highest BCUT2D eigenvalue weighted by molar-refractivity contribution is 7.09.